The second-order valence-corrected chi connectivity index (χ2v) is 3.53. The van der Waals surface area contributed by atoms with Gasteiger partial charge in [-0.3, -0.25) is 4.79 Å². The molecule has 0 spiro atoms. The van der Waals surface area contributed by atoms with E-state index >= 15 is 0 Å². The summed E-state index contributed by atoms with van der Waals surface area (Å²) in [5.41, 5.74) is 0.551. The Kier molecular flexibility index (Phi) is 2.34. The molecule has 0 unspecified atom stereocenters. The van der Waals surface area contributed by atoms with Crippen LogP contribution >= 0.6 is 0 Å². The summed E-state index contributed by atoms with van der Waals surface area (Å²) in [5.74, 6) is 1.77. The van der Waals surface area contributed by atoms with E-state index in [9.17, 15) is 4.79 Å². The lowest BCUT2D eigenvalue weighted by molar-refractivity contribution is 0.112. The fraction of sp³-hybridized carbons (Fsp3) is 0.500. The molecule has 0 amide bonds. The molecule has 68 valence electrons. The fourth-order valence-electron chi connectivity index (χ4n) is 1.29. The van der Waals surface area contributed by atoms with Gasteiger partial charge in [0.05, 0.1) is 5.56 Å². The van der Waals surface area contributed by atoms with Gasteiger partial charge < -0.3 is 0 Å². The number of rotatable bonds is 4. The molecular weight excluding hydrogens is 164 g/mol. The quantitative estimate of drug-likeness (QED) is 0.655. The minimum atomic E-state index is 0.551. The van der Waals surface area contributed by atoms with Gasteiger partial charge in [0.15, 0.2) is 6.29 Å². The summed E-state index contributed by atoms with van der Waals surface area (Å²) in [6.45, 7) is 0. The number of hydrogen-bond donors (Lipinski definition) is 0. The number of aryl methyl sites for hydroxylation is 1. The first kappa shape index (κ1) is 8.35. The van der Waals surface area contributed by atoms with Crippen molar-refractivity contribution in [3.05, 3.63) is 23.8 Å². The third-order valence-electron chi connectivity index (χ3n) is 2.33. The van der Waals surface area contributed by atoms with Gasteiger partial charge >= 0.3 is 0 Å². The molecule has 1 saturated carbocycles. The van der Waals surface area contributed by atoms with Gasteiger partial charge in [-0.1, -0.05) is 12.8 Å². The van der Waals surface area contributed by atoms with Crippen molar-refractivity contribution < 1.29 is 4.79 Å². The van der Waals surface area contributed by atoms with Crippen LogP contribution in [0.4, 0.5) is 0 Å². The number of aromatic nitrogens is 2. The molecule has 3 nitrogen and oxygen atoms in total. The third-order valence-corrected chi connectivity index (χ3v) is 2.33. The lowest BCUT2D eigenvalue weighted by Gasteiger charge is -1.97. The minimum absolute atomic E-state index is 0.551. The zero-order valence-electron chi connectivity index (χ0n) is 7.44. The highest BCUT2D eigenvalue weighted by molar-refractivity contribution is 5.73. The summed E-state index contributed by atoms with van der Waals surface area (Å²) in [6, 6.07) is 0. The lowest BCUT2D eigenvalue weighted by atomic mass is 10.2. The molecule has 13 heavy (non-hydrogen) atoms. The highest BCUT2D eigenvalue weighted by atomic mass is 16.1. The van der Waals surface area contributed by atoms with Crippen molar-refractivity contribution in [1.82, 2.24) is 9.97 Å². The molecule has 0 aliphatic heterocycles. The van der Waals surface area contributed by atoms with Gasteiger partial charge in [0.1, 0.15) is 5.82 Å². The van der Waals surface area contributed by atoms with Crippen molar-refractivity contribution in [2.45, 2.75) is 25.7 Å². The third kappa shape index (κ3) is 2.34. The molecule has 1 aromatic heterocycles. The average Bonchev–Trinajstić information content (AvgIpc) is 2.99. The van der Waals surface area contributed by atoms with Crippen LogP contribution in [0, 0.1) is 5.92 Å². The second-order valence-electron chi connectivity index (χ2n) is 3.53. The minimum Gasteiger partial charge on any atom is -0.298 e. The molecule has 0 radical (unpaired) electrons. The molecule has 0 bridgehead atoms. The van der Waals surface area contributed by atoms with Gasteiger partial charge in [0.25, 0.3) is 0 Å². The summed E-state index contributed by atoms with van der Waals surface area (Å²) >= 11 is 0. The molecule has 1 aliphatic carbocycles. The fourth-order valence-corrected chi connectivity index (χ4v) is 1.29. The smallest absolute Gasteiger partial charge is 0.153 e. The maximum Gasteiger partial charge on any atom is 0.153 e. The zero-order chi connectivity index (χ0) is 9.10. The first-order valence-corrected chi connectivity index (χ1v) is 4.64. The predicted octanol–water partition coefficient (Wildman–Crippen LogP) is 1.63. The van der Waals surface area contributed by atoms with Gasteiger partial charge in [-0.05, 0) is 12.3 Å². The second kappa shape index (κ2) is 3.64. The Labute approximate surface area is 77.2 Å². The molecular formula is C10H12N2O. The standard InChI is InChI=1S/C10H12N2O/c13-7-9-5-11-10(12-6-9)4-3-8-1-2-8/h5-8H,1-4H2. The van der Waals surface area contributed by atoms with E-state index in [1.807, 2.05) is 0 Å². The maximum atomic E-state index is 10.3. The first-order chi connectivity index (χ1) is 6.38. The van der Waals surface area contributed by atoms with Gasteiger partial charge in [0, 0.05) is 18.8 Å². The van der Waals surface area contributed by atoms with E-state index in [0.29, 0.717) is 5.56 Å². The Morgan fingerprint density at radius 1 is 1.38 bits per heavy atom. The summed E-state index contributed by atoms with van der Waals surface area (Å²) < 4.78 is 0. The highest BCUT2D eigenvalue weighted by Crippen LogP contribution is 2.32. The summed E-state index contributed by atoms with van der Waals surface area (Å²) in [6.07, 6.45) is 8.82. The number of aldehydes is 1. The maximum absolute atomic E-state index is 10.3. The Balaban J connectivity index is 1.91. The van der Waals surface area contributed by atoms with Gasteiger partial charge in [-0.2, -0.15) is 0 Å². The van der Waals surface area contributed by atoms with Crippen LogP contribution in [-0.4, -0.2) is 16.3 Å². The molecule has 1 aliphatic rings. The number of carbonyl (C=O) groups is 1. The molecule has 1 fully saturated rings. The van der Waals surface area contributed by atoms with Gasteiger partial charge in [-0.25, -0.2) is 9.97 Å². The van der Waals surface area contributed by atoms with Crippen molar-refractivity contribution >= 4 is 6.29 Å². The Hall–Kier alpha value is -1.25. The first-order valence-electron chi connectivity index (χ1n) is 4.64. The van der Waals surface area contributed by atoms with Crippen molar-refractivity contribution in [2.75, 3.05) is 0 Å². The van der Waals surface area contributed by atoms with Crippen LogP contribution in [0.15, 0.2) is 12.4 Å². The molecule has 0 aromatic carbocycles. The van der Waals surface area contributed by atoms with Crippen molar-refractivity contribution in [1.29, 1.82) is 0 Å². The van der Waals surface area contributed by atoms with Crippen molar-refractivity contribution in [2.24, 2.45) is 5.92 Å². The monoisotopic (exact) mass is 176 g/mol. The molecule has 1 heterocycles. The van der Waals surface area contributed by atoms with E-state index in [4.69, 9.17) is 0 Å². The Bertz CT molecular complexity index is 290. The van der Waals surface area contributed by atoms with Crippen LogP contribution in [-0.2, 0) is 6.42 Å². The normalized spacial score (nSPS) is 15.7. The Morgan fingerprint density at radius 3 is 2.62 bits per heavy atom. The average molecular weight is 176 g/mol. The van der Waals surface area contributed by atoms with Crippen LogP contribution in [0.25, 0.3) is 0 Å². The summed E-state index contributed by atoms with van der Waals surface area (Å²) in [7, 11) is 0. The SMILES string of the molecule is O=Cc1cnc(CCC2CC2)nc1. The molecule has 0 atom stereocenters. The van der Waals surface area contributed by atoms with Crippen LogP contribution in [0.1, 0.15) is 35.4 Å². The van der Waals surface area contributed by atoms with E-state index in [0.717, 1.165) is 24.4 Å². The van der Waals surface area contributed by atoms with Crippen molar-refractivity contribution in [3.63, 3.8) is 0 Å². The summed E-state index contributed by atoms with van der Waals surface area (Å²) in [4.78, 5) is 18.5. The molecule has 3 heteroatoms. The highest BCUT2D eigenvalue weighted by Gasteiger charge is 2.20. The van der Waals surface area contributed by atoms with E-state index in [1.54, 1.807) is 12.4 Å². The van der Waals surface area contributed by atoms with Crippen LogP contribution in [0.2, 0.25) is 0 Å². The van der Waals surface area contributed by atoms with E-state index in [2.05, 4.69) is 9.97 Å². The van der Waals surface area contributed by atoms with Crippen LogP contribution in [0.5, 0.6) is 0 Å². The topological polar surface area (TPSA) is 42.9 Å². The largest absolute Gasteiger partial charge is 0.298 e. The van der Waals surface area contributed by atoms with Gasteiger partial charge in [-0.15, -0.1) is 0 Å². The Morgan fingerprint density at radius 2 is 2.08 bits per heavy atom. The van der Waals surface area contributed by atoms with Crippen LogP contribution < -0.4 is 0 Å². The zero-order valence-corrected chi connectivity index (χ0v) is 7.44. The molecule has 2 rings (SSSR count). The van der Waals surface area contributed by atoms with E-state index in [1.165, 1.54) is 19.3 Å². The van der Waals surface area contributed by atoms with E-state index in [-0.39, 0.29) is 0 Å². The number of hydrogen-bond acceptors (Lipinski definition) is 3. The predicted molar refractivity (Wildman–Crippen MR) is 48.5 cm³/mol. The number of carbonyl (C=O) groups excluding carboxylic acids is 1. The van der Waals surface area contributed by atoms with E-state index < -0.39 is 0 Å². The molecule has 0 saturated heterocycles. The molecule has 0 N–H and O–H groups in total. The number of nitrogens with zero attached hydrogens (tertiary/aromatic N) is 2. The van der Waals surface area contributed by atoms with Gasteiger partial charge in [0.2, 0.25) is 0 Å². The summed E-state index contributed by atoms with van der Waals surface area (Å²) in [5, 5.41) is 0. The van der Waals surface area contributed by atoms with Crippen LogP contribution in [0.3, 0.4) is 0 Å². The molecule has 1 aromatic rings. The van der Waals surface area contributed by atoms with Crippen molar-refractivity contribution in [3.8, 4) is 0 Å². The lowest BCUT2D eigenvalue weighted by Crippen LogP contribution is -1.96.